The molecule has 1 aliphatic heterocycles. The van der Waals surface area contributed by atoms with Crippen LogP contribution in [0.3, 0.4) is 0 Å². The van der Waals surface area contributed by atoms with Crippen molar-refractivity contribution in [3.8, 4) is 0 Å². The summed E-state index contributed by atoms with van der Waals surface area (Å²) in [6.07, 6.45) is 8.67. The predicted octanol–water partition coefficient (Wildman–Crippen LogP) is 1.44. The second kappa shape index (κ2) is 4.49. The first-order valence-electron chi connectivity index (χ1n) is 7.35. The van der Waals surface area contributed by atoms with Gasteiger partial charge >= 0.3 is 5.97 Å². The number of nitrogens with zero attached hydrogens (tertiary/aromatic N) is 1. The van der Waals surface area contributed by atoms with Gasteiger partial charge in [-0.25, -0.2) is 0 Å². The van der Waals surface area contributed by atoms with Gasteiger partial charge in [-0.15, -0.1) is 0 Å². The number of likely N-dealkylation sites (tertiary alicyclic amines) is 1. The van der Waals surface area contributed by atoms with E-state index in [4.69, 9.17) is 5.73 Å². The van der Waals surface area contributed by atoms with Gasteiger partial charge in [-0.3, -0.25) is 9.69 Å². The molecule has 1 saturated heterocycles. The fourth-order valence-corrected chi connectivity index (χ4v) is 3.88. The first kappa shape index (κ1) is 12.4. The van der Waals surface area contributed by atoms with Crippen molar-refractivity contribution in [2.24, 2.45) is 17.6 Å². The van der Waals surface area contributed by atoms with Crippen molar-refractivity contribution in [1.82, 2.24) is 4.90 Å². The van der Waals surface area contributed by atoms with E-state index >= 15 is 0 Å². The highest BCUT2D eigenvalue weighted by Gasteiger charge is 2.45. The van der Waals surface area contributed by atoms with E-state index in [-0.39, 0.29) is 0 Å². The van der Waals surface area contributed by atoms with Crippen molar-refractivity contribution in [3.05, 3.63) is 0 Å². The average Bonchev–Trinajstić information content (AvgIpc) is 3.13. The van der Waals surface area contributed by atoms with Crippen LogP contribution >= 0.6 is 0 Å². The third-order valence-corrected chi connectivity index (χ3v) is 5.25. The molecule has 3 atom stereocenters. The van der Waals surface area contributed by atoms with Gasteiger partial charge in [0, 0.05) is 19.1 Å². The third kappa shape index (κ3) is 2.28. The number of aliphatic carboxylic acids is 1. The lowest BCUT2D eigenvalue weighted by atomic mass is 9.82. The normalized spacial score (nSPS) is 42.1. The largest absolute Gasteiger partial charge is 0.480 e. The van der Waals surface area contributed by atoms with Crippen LogP contribution < -0.4 is 5.73 Å². The Kier molecular flexibility index (Phi) is 3.10. The zero-order chi connectivity index (χ0) is 12.8. The molecule has 0 aromatic heterocycles. The van der Waals surface area contributed by atoms with E-state index in [9.17, 15) is 9.90 Å². The molecule has 0 bridgehead atoms. The Bertz CT molecular complexity index is 343. The Balaban J connectivity index is 1.60. The van der Waals surface area contributed by atoms with Gasteiger partial charge in [-0.2, -0.15) is 0 Å². The molecule has 0 spiro atoms. The maximum absolute atomic E-state index is 11.2. The highest BCUT2D eigenvalue weighted by Crippen LogP contribution is 2.45. The van der Waals surface area contributed by atoms with Gasteiger partial charge in [0.25, 0.3) is 0 Å². The van der Waals surface area contributed by atoms with E-state index in [0.717, 1.165) is 18.4 Å². The Morgan fingerprint density at radius 3 is 2.61 bits per heavy atom. The zero-order valence-corrected chi connectivity index (χ0v) is 11.0. The van der Waals surface area contributed by atoms with Crippen LogP contribution in [0.25, 0.3) is 0 Å². The molecular weight excluding hydrogens is 228 g/mol. The van der Waals surface area contributed by atoms with Gasteiger partial charge in [0.05, 0.1) is 0 Å². The first-order chi connectivity index (χ1) is 8.58. The molecule has 18 heavy (non-hydrogen) atoms. The highest BCUT2D eigenvalue weighted by atomic mass is 16.4. The van der Waals surface area contributed by atoms with Gasteiger partial charge in [-0.1, -0.05) is 12.8 Å². The lowest BCUT2D eigenvalue weighted by molar-refractivity contribution is -0.142. The number of hydrogen-bond donors (Lipinski definition) is 2. The van der Waals surface area contributed by atoms with Gasteiger partial charge in [0.1, 0.15) is 5.54 Å². The molecule has 3 N–H and O–H groups in total. The van der Waals surface area contributed by atoms with Crippen LogP contribution in [0.5, 0.6) is 0 Å². The lowest BCUT2D eigenvalue weighted by Crippen LogP contribution is -2.51. The van der Waals surface area contributed by atoms with Crippen LogP contribution in [-0.4, -0.2) is 40.6 Å². The number of rotatable bonds is 3. The topological polar surface area (TPSA) is 66.6 Å². The summed E-state index contributed by atoms with van der Waals surface area (Å²) < 4.78 is 0. The quantitative estimate of drug-likeness (QED) is 0.797. The molecule has 3 aliphatic rings. The first-order valence-corrected chi connectivity index (χ1v) is 7.35. The fraction of sp³-hybridized carbons (Fsp3) is 0.929. The Labute approximate surface area is 109 Å². The maximum Gasteiger partial charge on any atom is 0.325 e. The Morgan fingerprint density at radius 1 is 1.22 bits per heavy atom. The molecule has 3 rings (SSSR count). The van der Waals surface area contributed by atoms with Crippen molar-refractivity contribution >= 4 is 5.97 Å². The molecule has 102 valence electrons. The summed E-state index contributed by atoms with van der Waals surface area (Å²) in [4.78, 5) is 13.5. The van der Waals surface area contributed by atoms with Crippen LogP contribution in [-0.2, 0) is 4.79 Å². The molecule has 3 unspecified atom stereocenters. The number of nitrogens with two attached hydrogens (primary N) is 1. The summed E-state index contributed by atoms with van der Waals surface area (Å²) in [6, 6.07) is 0.592. The van der Waals surface area contributed by atoms with E-state index in [2.05, 4.69) is 4.90 Å². The van der Waals surface area contributed by atoms with Gasteiger partial charge in [0.15, 0.2) is 0 Å². The SMILES string of the molecule is NC1(C(=O)O)CCN(C2CCCC(C3CC3)C2)C1. The summed E-state index contributed by atoms with van der Waals surface area (Å²) in [5, 5.41) is 9.19. The van der Waals surface area contributed by atoms with E-state index < -0.39 is 11.5 Å². The van der Waals surface area contributed by atoms with E-state index in [0.29, 0.717) is 19.0 Å². The van der Waals surface area contributed by atoms with Gasteiger partial charge < -0.3 is 10.8 Å². The highest BCUT2D eigenvalue weighted by molar-refractivity contribution is 5.79. The van der Waals surface area contributed by atoms with Crippen LogP contribution in [0, 0.1) is 11.8 Å². The molecule has 3 fully saturated rings. The molecule has 0 aromatic carbocycles. The smallest absolute Gasteiger partial charge is 0.325 e. The van der Waals surface area contributed by atoms with Crippen LogP contribution in [0.15, 0.2) is 0 Å². The average molecular weight is 252 g/mol. The number of hydrogen-bond acceptors (Lipinski definition) is 3. The maximum atomic E-state index is 11.2. The molecule has 2 aliphatic carbocycles. The minimum absolute atomic E-state index is 0.546. The van der Waals surface area contributed by atoms with Gasteiger partial charge in [0.2, 0.25) is 0 Å². The minimum atomic E-state index is -0.994. The van der Waals surface area contributed by atoms with Crippen molar-refractivity contribution in [1.29, 1.82) is 0 Å². The third-order valence-electron chi connectivity index (χ3n) is 5.25. The molecule has 2 saturated carbocycles. The van der Waals surface area contributed by atoms with E-state index in [1.54, 1.807) is 0 Å². The van der Waals surface area contributed by atoms with Crippen LogP contribution in [0.4, 0.5) is 0 Å². The molecule has 4 nitrogen and oxygen atoms in total. The van der Waals surface area contributed by atoms with Crippen molar-refractivity contribution in [2.45, 2.75) is 56.5 Å². The van der Waals surface area contributed by atoms with Crippen molar-refractivity contribution in [3.63, 3.8) is 0 Å². The zero-order valence-electron chi connectivity index (χ0n) is 11.0. The predicted molar refractivity (Wildman–Crippen MR) is 69.2 cm³/mol. The number of carbonyl (C=O) groups is 1. The minimum Gasteiger partial charge on any atom is -0.480 e. The van der Waals surface area contributed by atoms with Crippen molar-refractivity contribution in [2.75, 3.05) is 13.1 Å². The second-order valence-corrected chi connectivity index (χ2v) is 6.60. The van der Waals surface area contributed by atoms with E-state index in [1.807, 2.05) is 0 Å². The fourth-order valence-electron chi connectivity index (χ4n) is 3.88. The standard InChI is InChI=1S/C14H24N2O2/c15-14(13(17)18)6-7-16(9-14)12-3-1-2-11(8-12)10-4-5-10/h10-12H,1-9,15H2,(H,17,18). The molecule has 0 radical (unpaired) electrons. The number of carboxylic acid groups (broad SMARTS) is 1. The summed E-state index contributed by atoms with van der Waals surface area (Å²) >= 11 is 0. The summed E-state index contributed by atoms with van der Waals surface area (Å²) in [5.74, 6) is 1.05. The Hall–Kier alpha value is -0.610. The van der Waals surface area contributed by atoms with Crippen LogP contribution in [0.1, 0.15) is 44.9 Å². The molecular formula is C14H24N2O2. The second-order valence-electron chi connectivity index (χ2n) is 6.60. The summed E-state index contributed by atoms with van der Waals surface area (Å²) in [7, 11) is 0. The Morgan fingerprint density at radius 2 is 2.00 bits per heavy atom. The molecule has 4 heteroatoms. The number of carboxylic acids is 1. The van der Waals surface area contributed by atoms with Crippen LogP contribution in [0.2, 0.25) is 0 Å². The van der Waals surface area contributed by atoms with Crippen molar-refractivity contribution < 1.29 is 9.90 Å². The summed E-state index contributed by atoms with van der Waals surface area (Å²) in [6.45, 7) is 1.41. The summed E-state index contributed by atoms with van der Waals surface area (Å²) in [5.41, 5.74) is 4.97. The lowest BCUT2D eigenvalue weighted by Gasteiger charge is -2.36. The molecule has 1 heterocycles. The molecule has 0 aromatic rings. The monoisotopic (exact) mass is 252 g/mol. The van der Waals surface area contributed by atoms with Gasteiger partial charge in [-0.05, 0) is 43.9 Å². The molecule has 0 amide bonds. The van der Waals surface area contributed by atoms with E-state index in [1.165, 1.54) is 38.5 Å².